The molecular weight excluding hydrogens is 697 g/mol. The fraction of sp³-hybridized carbons (Fsp3) is 0.868. The van der Waals surface area contributed by atoms with Crippen molar-refractivity contribution >= 4 is 53.4 Å². The molecule has 4 saturated carbocycles. The Morgan fingerprint density at radius 1 is 0.824 bits per heavy atom. The minimum Gasteiger partial charge on any atom is -0.463 e. The highest BCUT2D eigenvalue weighted by Crippen LogP contribution is 2.59. The van der Waals surface area contributed by atoms with Gasteiger partial charge >= 0.3 is 29.8 Å². The monoisotopic (exact) mass is 758 g/mol. The Morgan fingerprint density at radius 2 is 1.39 bits per heavy atom. The molecule has 6 rings (SSSR count). The molecule has 4 bridgehead atoms. The van der Waals surface area contributed by atoms with Gasteiger partial charge in [-0.1, -0.05) is 20.8 Å². The second-order valence-corrected chi connectivity index (χ2v) is 19.2. The van der Waals surface area contributed by atoms with Crippen LogP contribution >= 0.6 is 23.5 Å². The van der Waals surface area contributed by atoms with Gasteiger partial charge in [0.15, 0.2) is 12.0 Å². The Hall–Kier alpha value is -1.99. The van der Waals surface area contributed by atoms with Crippen LogP contribution in [0.1, 0.15) is 127 Å². The smallest absolute Gasteiger partial charge is 0.347 e. The minimum absolute atomic E-state index is 0.0828. The fourth-order valence-electron chi connectivity index (χ4n) is 6.93. The van der Waals surface area contributed by atoms with Crippen molar-refractivity contribution in [2.45, 2.75) is 149 Å². The van der Waals surface area contributed by atoms with E-state index in [4.69, 9.17) is 23.7 Å². The molecule has 4 atom stereocenters. The van der Waals surface area contributed by atoms with Crippen LogP contribution in [0.25, 0.3) is 0 Å². The van der Waals surface area contributed by atoms with E-state index in [0.29, 0.717) is 44.1 Å². The third-order valence-corrected chi connectivity index (χ3v) is 13.7. The summed E-state index contributed by atoms with van der Waals surface area (Å²) in [5.74, 6) is 2.36. The van der Waals surface area contributed by atoms with Crippen molar-refractivity contribution in [3.05, 3.63) is 0 Å². The van der Waals surface area contributed by atoms with Crippen molar-refractivity contribution in [2.24, 2.45) is 28.1 Å². The van der Waals surface area contributed by atoms with E-state index in [9.17, 15) is 29.1 Å². The molecule has 0 aromatic rings. The molecule has 6 aliphatic rings. The summed E-state index contributed by atoms with van der Waals surface area (Å²) in [4.78, 5) is 58.1. The van der Waals surface area contributed by atoms with Crippen LogP contribution < -0.4 is 0 Å². The highest BCUT2D eigenvalue weighted by Gasteiger charge is 2.59. The summed E-state index contributed by atoms with van der Waals surface area (Å²) in [5, 5.41) is 10.6. The first-order valence-electron chi connectivity index (χ1n) is 18.6. The molecule has 292 valence electrons. The van der Waals surface area contributed by atoms with Gasteiger partial charge in [0.25, 0.3) is 0 Å². The van der Waals surface area contributed by atoms with Gasteiger partial charge in [0.2, 0.25) is 6.10 Å². The molecule has 13 heteroatoms. The highest BCUT2D eigenvalue weighted by atomic mass is 32.2. The number of aliphatic hydroxyl groups is 1. The zero-order valence-electron chi connectivity index (χ0n) is 32.3. The summed E-state index contributed by atoms with van der Waals surface area (Å²) < 4.78 is 25.9. The summed E-state index contributed by atoms with van der Waals surface area (Å²) >= 11 is 3.40. The lowest BCUT2D eigenvalue weighted by atomic mass is 9.52. The van der Waals surface area contributed by atoms with Gasteiger partial charge in [-0.05, 0) is 105 Å². The number of ether oxygens (including phenoxy) is 5. The van der Waals surface area contributed by atoms with Gasteiger partial charge in [0.05, 0.1) is 28.5 Å². The lowest BCUT2D eigenvalue weighted by molar-refractivity contribution is -0.225. The Labute approximate surface area is 313 Å². The van der Waals surface area contributed by atoms with Crippen LogP contribution in [0, 0.1) is 28.1 Å². The lowest BCUT2D eigenvalue weighted by Crippen LogP contribution is -2.61. The van der Waals surface area contributed by atoms with Gasteiger partial charge in [0.1, 0.15) is 5.60 Å². The van der Waals surface area contributed by atoms with Gasteiger partial charge in [-0.15, -0.1) is 11.8 Å². The highest BCUT2D eigenvalue weighted by molar-refractivity contribution is 8.06. The van der Waals surface area contributed by atoms with Crippen LogP contribution in [-0.2, 0) is 47.7 Å². The van der Waals surface area contributed by atoms with E-state index in [2.05, 4.69) is 0 Å². The number of cyclic esters (lactones) is 1. The van der Waals surface area contributed by atoms with Crippen molar-refractivity contribution in [1.82, 2.24) is 0 Å². The summed E-state index contributed by atoms with van der Waals surface area (Å²) in [6.07, 6.45) is 7.60. The fourth-order valence-corrected chi connectivity index (χ4v) is 9.32. The van der Waals surface area contributed by atoms with Crippen LogP contribution in [-0.4, -0.2) is 88.2 Å². The quantitative estimate of drug-likeness (QED) is 0.177. The number of hydrogen-bond donors (Lipinski definition) is 1. The maximum atomic E-state index is 12.4. The number of esters is 5. The second kappa shape index (κ2) is 17.9. The first-order chi connectivity index (χ1) is 23.7. The SMILES string of the molecule is CCC(C)(C)C(=O)OC12CC3CC(CC(O)(C3)C1)C2.CCC(C)(C)C(=O)OC1CCOC1=O.CCC(C)(C)C(=O)OCC(=O)OC1CSCCS1. The van der Waals surface area contributed by atoms with Crippen LogP contribution in [0.2, 0.25) is 0 Å². The van der Waals surface area contributed by atoms with E-state index >= 15 is 0 Å². The zero-order chi connectivity index (χ0) is 38.3. The maximum Gasteiger partial charge on any atom is 0.347 e. The zero-order valence-corrected chi connectivity index (χ0v) is 33.9. The number of rotatable bonds is 11. The molecule has 0 spiro atoms. The summed E-state index contributed by atoms with van der Waals surface area (Å²) in [7, 11) is 0. The second-order valence-electron chi connectivity index (χ2n) is 16.8. The van der Waals surface area contributed by atoms with Gasteiger partial charge in [0, 0.05) is 30.1 Å². The molecule has 1 N–H and O–H groups in total. The number of carbonyl (C=O) groups is 5. The van der Waals surface area contributed by atoms with E-state index < -0.39 is 39.9 Å². The molecule has 0 radical (unpaired) electrons. The summed E-state index contributed by atoms with van der Waals surface area (Å²) in [5.41, 5.74) is -2.50. The van der Waals surface area contributed by atoms with Crippen LogP contribution in [0.4, 0.5) is 0 Å². The summed E-state index contributed by atoms with van der Waals surface area (Å²) in [6.45, 7) is 17.0. The van der Waals surface area contributed by atoms with Gasteiger partial charge < -0.3 is 28.8 Å². The molecular formula is C38H62O11S2. The third kappa shape index (κ3) is 12.3. The molecule has 4 unspecified atom stereocenters. The molecule has 0 aromatic heterocycles. The number of carbonyl (C=O) groups excluding carboxylic acids is 5. The normalized spacial score (nSPS) is 29.7. The Bertz CT molecular complexity index is 1230. The number of hydrogen-bond acceptors (Lipinski definition) is 13. The van der Waals surface area contributed by atoms with Crippen LogP contribution in [0.3, 0.4) is 0 Å². The molecule has 6 fully saturated rings. The predicted octanol–water partition coefficient (Wildman–Crippen LogP) is 6.65. The van der Waals surface area contributed by atoms with E-state index in [0.717, 1.165) is 49.4 Å². The van der Waals surface area contributed by atoms with Crippen molar-refractivity contribution < 1.29 is 52.8 Å². The Kier molecular flexibility index (Phi) is 15.2. The maximum absolute atomic E-state index is 12.4. The molecule has 4 aliphatic carbocycles. The van der Waals surface area contributed by atoms with E-state index in [-0.39, 0.29) is 35.6 Å². The van der Waals surface area contributed by atoms with Crippen molar-refractivity contribution in [1.29, 1.82) is 0 Å². The molecule has 0 amide bonds. The van der Waals surface area contributed by atoms with Crippen LogP contribution in [0.5, 0.6) is 0 Å². The van der Waals surface area contributed by atoms with E-state index in [1.165, 1.54) is 6.42 Å². The topological polar surface area (TPSA) is 152 Å². The molecule has 2 heterocycles. The van der Waals surface area contributed by atoms with E-state index in [1.807, 2.05) is 34.6 Å². The van der Waals surface area contributed by atoms with Crippen LogP contribution in [0.15, 0.2) is 0 Å². The molecule has 2 aliphatic heterocycles. The molecule has 11 nitrogen and oxygen atoms in total. The standard InChI is InChI=1S/C16H26O3.C12H20O4S2.C10H16O4/c1-4-14(2,3)13(17)19-16-8-11-5-12(9-16)7-15(18,6-11)10-16;1-4-12(2,3)11(14)15-7-9(13)16-10-8-17-5-6-18-10;1-4-10(2,3)9(12)14-7-5-6-13-8(7)11/h11-12,18H,4-10H2,1-3H3;10H,4-8H2,1-3H3;7H,4-6H2,1-3H3. The number of thioether (sulfide) groups is 2. The third-order valence-electron chi connectivity index (χ3n) is 11.1. The average molecular weight is 759 g/mol. The average Bonchev–Trinajstić information content (AvgIpc) is 3.46. The largest absolute Gasteiger partial charge is 0.463 e. The predicted molar refractivity (Wildman–Crippen MR) is 197 cm³/mol. The molecule has 2 saturated heterocycles. The summed E-state index contributed by atoms with van der Waals surface area (Å²) in [6, 6.07) is 0. The van der Waals surface area contributed by atoms with Crippen molar-refractivity contribution in [2.75, 3.05) is 30.5 Å². The van der Waals surface area contributed by atoms with E-state index in [1.54, 1.807) is 51.2 Å². The Balaban J connectivity index is 0.000000209. The van der Waals surface area contributed by atoms with Gasteiger partial charge in [-0.3, -0.25) is 14.4 Å². The lowest BCUT2D eigenvalue weighted by Gasteiger charge is -2.59. The van der Waals surface area contributed by atoms with Gasteiger partial charge in [-0.2, -0.15) is 11.8 Å². The molecule has 51 heavy (non-hydrogen) atoms. The van der Waals surface area contributed by atoms with Gasteiger partial charge in [-0.25, -0.2) is 9.59 Å². The first kappa shape index (κ1) is 43.4. The van der Waals surface area contributed by atoms with Crippen molar-refractivity contribution in [3.63, 3.8) is 0 Å². The first-order valence-corrected chi connectivity index (χ1v) is 20.8. The van der Waals surface area contributed by atoms with Crippen molar-refractivity contribution in [3.8, 4) is 0 Å². The minimum atomic E-state index is -0.687. The molecule has 0 aromatic carbocycles. The Morgan fingerprint density at radius 3 is 1.88 bits per heavy atom.